The molecule has 0 heterocycles. The summed E-state index contributed by atoms with van der Waals surface area (Å²) in [6.45, 7) is 1.63. The molecule has 0 aromatic heterocycles. The molecule has 0 aliphatic rings. The fourth-order valence-electron chi connectivity index (χ4n) is 4.76. The van der Waals surface area contributed by atoms with E-state index >= 15 is 0 Å². The van der Waals surface area contributed by atoms with Gasteiger partial charge in [0.1, 0.15) is 18.3 Å². The van der Waals surface area contributed by atoms with Crippen molar-refractivity contribution in [2.24, 2.45) is 0 Å². The lowest BCUT2D eigenvalue weighted by Crippen LogP contribution is -2.53. The summed E-state index contributed by atoms with van der Waals surface area (Å²) in [5.74, 6) is -0.522. The molecule has 1 N–H and O–H groups in total. The van der Waals surface area contributed by atoms with Crippen LogP contribution in [0.5, 0.6) is 5.75 Å². The first-order valence-corrected chi connectivity index (χ1v) is 17.1. The number of sulfonamides is 1. The number of ether oxygens (including phenoxy) is 1. The van der Waals surface area contributed by atoms with Crippen molar-refractivity contribution in [2.45, 2.75) is 37.2 Å². The summed E-state index contributed by atoms with van der Waals surface area (Å²) >= 11 is 18.8. The van der Waals surface area contributed by atoms with Crippen LogP contribution in [0, 0.1) is 0 Å². The summed E-state index contributed by atoms with van der Waals surface area (Å²) in [6.07, 6.45) is 0.866. The van der Waals surface area contributed by atoms with Gasteiger partial charge in [-0.15, -0.1) is 0 Å². The largest absolute Gasteiger partial charge is 0.497 e. The number of nitrogens with one attached hydrogen (secondary N) is 1. The second-order valence-electron chi connectivity index (χ2n) is 10.4. The van der Waals surface area contributed by atoms with Crippen LogP contribution >= 0.6 is 34.8 Å². The maximum atomic E-state index is 14.5. The van der Waals surface area contributed by atoms with Gasteiger partial charge in [-0.2, -0.15) is 0 Å². The van der Waals surface area contributed by atoms with Crippen LogP contribution in [0.25, 0.3) is 0 Å². The second-order valence-corrected chi connectivity index (χ2v) is 13.6. The third-order valence-electron chi connectivity index (χ3n) is 7.22. The zero-order chi connectivity index (χ0) is 33.3. The maximum absolute atomic E-state index is 14.5. The van der Waals surface area contributed by atoms with Crippen molar-refractivity contribution in [3.05, 3.63) is 123 Å². The van der Waals surface area contributed by atoms with Crippen LogP contribution in [0.15, 0.2) is 102 Å². The van der Waals surface area contributed by atoms with E-state index in [2.05, 4.69) is 5.32 Å². The quantitative estimate of drug-likeness (QED) is 0.153. The van der Waals surface area contributed by atoms with Gasteiger partial charge in [-0.05, 0) is 78.2 Å². The van der Waals surface area contributed by atoms with Gasteiger partial charge in [-0.25, -0.2) is 8.42 Å². The van der Waals surface area contributed by atoms with Gasteiger partial charge in [-0.3, -0.25) is 13.9 Å². The van der Waals surface area contributed by atoms with Crippen molar-refractivity contribution in [3.63, 3.8) is 0 Å². The number of rotatable bonds is 14. The highest BCUT2D eigenvalue weighted by molar-refractivity contribution is 7.92. The van der Waals surface area contributed by atoms with E-state index in [-0.39, 0.29) is 29.5 Å². The van der Waals surface area contributed by atoms with Gasteiger partial charge in [0.15, 0.2) is 0 Å². The lowest BCUT2D eigenvalue weighted by molar-refractivity contribution is -0.140. The molecule has 1 unspecified atom stereocenters. The summed E-state index contributed by atoms with van der Waals surface area (Å²) in [5, 5.41) is 4.02. The van der Waals surface area contributed by atoms with Crippen LogP contribution in [0.3, 0.4) is 0 Å². The first kappa shape index (κ1) is 35.1. The normalized spacial score (nSPS) is 11.8. The number of hydrogen-bond donors (Lipinski definition) is 1. The number of benzene rings is 4. The van der Waals surface area contributed by atoms with E-state index < -0.39 is 28.5 Å². The van der Waals surface area contributed by atoms with Crippen molar-refractivity contribution in [1.82, 2.24) is 10.2 Å². The zero-order valence-corrected chi connectivity index (χ0v) is 28.4. The van der Waals surface area contributed by atoms with Gasteiger partial charge < -0.3 is 15.0 Å². The lowest BCUT2D eigenvalue weighted by atomic mass is 10.0. The molecule has 0 saturated heterocycles. The number of halogens is 3. The molecule has 12 heteroatoms. The SMILES string of the molecule is CCCNC(=O)C(Cc1ccccc1)N(Cc1ccc(Cl)cc1Cl)C(=O)CN(c1ccc(Cl)cc1)S(=O)(=O)c1ccc(OC)cc1. The van der Waals surface area contributed by atoms with E-state index in [1.807, 2.05) is 37.3 Å². The zero-order valence-electron chi connectivity index (χ0n) is 25.3. The van der Waals surface area contributed by atoms with Gasteiger partial charge >= 0.3 is 0 Å². The highest BCUT2D eigenvalue weighted by Gasteiger charge is 2.35. The summed E-state index contributed by atoms with van der Waals surface area (Å²) < 4.78 is 34.5. The van der Waals surface area contributed by atoms with Gasteiger partial charge in [0.2, 0.25) is 11.8 Å². The maximum Gasteiger partial charge on any atom is 0.264 e. The molecular weight excluding hydrogens is 669 g/mol. The minimum absolute atomic E-state index is 0.0510. The van der Waals surface area contributed by atoms with Crippen molar-refractivity contribution in [3.8, 4) is 5.75 Å². The average Bonchev–Trinajstić information content (AvgIpc) is 3.05. The first-order chi connectivity index (χ1) is 22.0. The van der Waals surface area contributed by atoms with Crippen LogP contribution in [0.4, 0.5) is 5.69 Å². The Hall–Kier alpha value is -3.76. The molecule has 0 saturated carbocycles. The molecule has 4 rings (SSSR count). The van der Waals surface area contributed by atoms with Gasteiger partial charge in [0, 0.05) is 34.6 Å². The highest BCUT2D eigenvalue weighted by atomic mass is 35.5. The summed E-state index contributed by atoms with van der Waals surface area (Å²) in [6, 6.07) is 25.2. The molecule has 0 fully saturated rings. The molecule has 242 valence electrons. The third kappa shape index (κ3) is 8.94. The van der Waals surface area contributed by atoms with Crippen LogP contribution in [-0.4, -0.2) is 51.4 Å². The number of amides is 2. The molecule has 0 radical (unpaired) electrons. The molecule has 4 aromatic rings. The molecule has 46 heavy (non-hydrogen) atoms. The van der Waals surface area contributed by atoms with E-state index in [0.29, 0.717) is 39.3 Å². The molecule has 0 spiro atoms. The molecule has 0 aliphatic heterocycles. The molecule has 4 aromatic carbocycles. The predicted octanol–water partition coefficient (Wildman–Crippen LogP) is 7.02. The van der Waals surface area contributed by atoms with Crippen molar-refractivity contribution < 1.29 is 22.7 Å². The molecule has 0 aliphatic carbocycles. The summed E-state index contributed by atoms with van der Waals surface area (Å²) in [4.78, 5) is 29.5. The van der Waals surface area contributed by atoms with E-state index in [1.165, 1.54) is 48.4 Å². The molecule has 1 atom stereocenters. The van der Waals surface area contributed by atoms with Crippen LogP contribution < -0.4 is 14.4 Å². The topological polar surface area (TPSA) is 96.0 Å². The Morgan fingerprint density at radius 1 is 0.870 bits per heavy atom. The fraction of sp³-hybridized carbons (Fsp3) is 0.235. The van der Waals surface area contributed by atoms with Crippen molar-refractivity contribution in [1.29, 1.82) is 0 Å². The molecule has 2 amide bonds. The van der Waals surface area contributed by atoms with Crippen LogP contribution in [0.1, 0.15) is 24.5 Å². The monoisotopic (exact) mass is 701 g/mol. The van der Waals surface area contributed by atoms with Gasteiger partial charge in [-0.1, -0.05) is 78.1 Å². The molecular formula is C34H34Cl3N3O5S. The smallest absolute Gasteiger partial charge is 0.264 e. The Labute approximate surface area is 284 Å². The minimum atomic E-state index is -4.28. The van der Waals surface area contributed by atoms with E-state index in [0.717, 1.165) is 9.87 Å². The average molecular weight is 703 g/mol. The Kier molecular flexibility index (Phi) is 12.3. The third-order valence-corrected chi connectivity index (χ3v) is 9.84. The summed E-state index contributed by atoms with van der Waals surface area (Å²) in [5.41, 5.74) is 1.57. The Morgan fingerprint density at radius 2 is 1.52 bits per heavy atom. The van der Waals surface area contributed by atoms with E-state index in [9.17, 15) is 18.0 Å². The number of methoxy groups -OCH3 is 1. The van der Waals surface area contributed by atoms with Gasteiger partial charge in [0.25, 0.3) is 10.0 Å². The van der Waals surface area contributed by atoms with Gasteiger partial charge in [0.05, 0.1) is 17.7 Å². The van der Waals surface area contributed by atoms with E-state index in [4.69, 9.17) is 39.5 Å². The van der Waals surface area contributed by atoms with Crippen molar-refractivity contribution >= 4 is 62.3 Å². The number of hydrogen-bond acceptors (Lipinski definition) is 5. The van der Waals surface area contributed by atoms with Crippen molar-refractivity contribution in [2.75, 3.05) is 24.5 Å². The number of nitrogens with zero attached hydrogens (tertiary/aromatic N) is 2. The van der Waals surface area contributed by atoms with Crippen LogP contribution in [0.2, 0.25) is 15.1 Å². The number of anilines is 1. The van der Waals surface area contributed by atoms with Crippen LogP contribution in [-0.2, 0) is 32.6 Å². The number of carbonyl (C=O) groups is 2. The lowest BCUT2D eigenvalue weighted by Gasteiger charge is -2.34. The highest BCUT2D eigenvalue weighted by Crippen LogP contribution is 2.28. The number of carbonyl (C=O) groups excluding carboxylic acids is 2. The summed E-state index contributed by atoms with van der Waals surface area (Å²) in [7, 11) is -2.80. The van der Waals surface area contributed by atoms with E-state index in [1.54, 1.807) is 30.3 Å². The fourth-order valence-corrected chi connectivity index (χ4v) is 6.77. The minimum Gasteiger partial charge on any atom is -0.497 e. The predicted molar refractivity (Wildman–Crippen MR) is 183 cm³/mol. The molecule has 0 bridgehead atoms. The molecule has 8 nitrogen and oxygen atoms in total. The Bertz CT molecular complexity index is 1740. The standard InChI is InChI=1S/C34H34Cl3N3O5S/c1-3-19-38-34(42)32(20-24-7-5-4-6-8-24)39(22-25-9-10-27(36)21-31(25)37)33(41)23-40(28-13-11-26(35)12-14-28)46(43,44)30-17-15-29(45-2)16-18-30/h4-18,21,32H,3,19-20,22-23H2,1-2H3,(H,38,42). The first-order valence-electron chi connectivity index (χ1n) is 14.5. The Balaban J connectivity index is 1.81. The second kappa shape index (κ2) is 16.2. The Morgan fingerprint density at radius 3 is 2.13 bits per heavy atom.